The van der Waals surface area contributed by atoms with E-state index in [1.165, 1.54) is 6.07 Å². The highest BCUT2D eigenvalue weighted by atomic mass is 16.6. The molecule has 1 aliphatic rings. The highest BCUT2D eigenvalue weighted by Crippen LogP contribution is 2.24. The molecule has 1 heterocycles. The lowest BCUT2D eigenvalue weighted by atomic mass is 10.1. The molecule has 0 aliphatic carbocycles. The molecule has 0 aromatic heterocycles. The fourth-order valence-corrected chi connectivity index (χ4v) is 2.99. The van der Waals surface area contributed by atoms with Crippen molar-refractivity contribution in [2.75, 3.05) is 31.6 Å². The number of ether oxygens (including phenoxy) is 1. The molecule has 1 amide bonds. The van der Waals surface area contributed by atoms with Gasteiger partial charge in [0.1, 0.15) is 5.56 Å². The van der Waals surface area contributed by atoms with Gasteiger partial charge in [-0.3, -0.25) is 19.8 Å². The number of anilines is 1. The average Bonchev–Trinajstić information content (AvgIpc) is 2.63. The minimum atomic E-state index is -0.518. The number of para-hydroxylation sites is 1. The molecule has 1 saturated heterocycles. The molecule has 0 atom stereocenters. The Morgan fingerprint density at radius 3 is 2.54 bits per heavy atom. The van der Waals surface area contributed by atoms with Crippen molar-refractivity contribution in [1.29, 1.82) is 0 Å². The van der Waals surface area contributed by atoms with Gasteiger partial charge in [0.25, 0.3) is 11.6 Å². The van der Waals surface area contributed by atoms with E-state index < -0.39 is 10.8 Å². The van der Waals surface area contributed by atoms with E-state index in [0.29, 0.717) is 11.3 Å². The number of amides is 1. The Hall–Kier alpha value is -2.77. The van der Waals surface area contributed by atoms with Gasteiger partial charge in [0, 0.05) is 30.9 Å². The number of carbonyl (C=O) groups is 1. The first-order valence-electron chi connectivity index (χ1n) is 8.49. The molecule has 7 nitrogen and oxygen atoms in total. The molecule has 26 heavy (non-hydrogen) atoms. The van der Waals surface area contributed by atoms with Crippen LogP contribution in [0.2, 0.25) is 0 Å². The topological polar surface area (TPSA) is 84.7 Å². The van der Waals surface area contributed by atoms with Crippen LogP contribution in [0.25, 0.3) is 0 Å². The van der Waals surface area contributed by atoms with Crippen LogP contribution < -0.4 is 5.32 Å². The molecular formula is C19H21N3O4. The van der Waals surface area contributed by atoms with Crippen LogP contribution in [0.4, 0.5) is 11.4 Å². The molecule has 0 spiro atoms. The number of hydrogen-bond acceptors (Lipinski definition) is 5. The quantitative estimate of drug-likeness (QED) is 0.658. The summed E-state index contributed by atoms with van der Waals surface area (Å²) in [5, 5.41) is 14.0. The molecule has 0 saturated carbocycles. The molecular weight excluding hydrogens is 334 g/mol. The lowest BCUT2D eigenvalue weighted by Crippen LogP contribution is -2.35. The van der Waals surface area contributed by atoms with E-state index in [4.69, 9.17) is 4.74 Å². The number of morpholine rings is 1. The van der Waals surface area contributed by atoms with Crippen LogP contribution in [0, 0.1) is 17.0 Å². The minimum Gasteiger partial charge on any atom is -0.379 e. The molecule has 1 N–H and O–H groups in total. The number of nitrogens with zero attached hydrogens (tertiary/aromatic N) is 2. The third kappa shape index (κ3) is 4.25. The van der Waals surface area contributed by atoms with Gasteiger partial charge >= 0.3 is 0 Å². The molecule has 0 radical (unpaired) electrons. The van der Waals surface area contributed by atoms with Crippen molar-refractivity contribution in [1.82, 2.24) is 4.90 Å². The van der Waals surface area contributed by atoms with Crippen molar-refractivity contribution in [3.63, 3.8) is 0 Å². The van der Waals surface area contributed by atoms with Crippen LogP contribution >= 0.6 is 0 Å². The summed E-state index contributed by atoms with van der Waals surface area (Å²) >= 11 is 0. The fourth-order valence-electron chi connectivity index (χ4n) is 2.99. The van der Waals surface area contributed by atoms with E-state index in [1.54, 1.807) is 19.1 Å². The number of nitrogens with one attached hydrogen (secondary N) is 1. The van der Waals surface area contributed by atoms with Gasteiger partial charge in [-0.1, -0.05) is 24.3 Å². The predicted octanol–water partition coefficient (Wildman–Crippen LogP) is 2.99. The summed E-state index contributed by atoms with van der Waals surface area (Å²) in [5.41, 5.74) is 2.12. The van der Waals surface area contributed by atoms with Crippen molar-refractivity contribution in [3.8, 4) is 0 Å². The first-order valence-corrected chi connectivity index (χ1v) is 8.49. The van der Waals surface area contributed by atoms with Crippen LogP contribution in [0.5, 0.6) is 0 Å². The lowest BCUT2D eigenvalue weighted by Gasteiger charge is -2.26. The highest BCUT2D eigenvalue weighted by molar-refractivity contribution is 6.07. The zero-order valence-electron chi connectivity index (χ0n) is 14.6. The summed E-state index contributed by atoms with van der Waals surface area (Å²) in [6, 6.07) is 12.3. The van der Waals surface area contributed by atoms with Gasteiger partial charge in [0.15, 0.2) is 0 Å². The monoisotopic (exact) mass is 355 g/mol. The summed E-state index contributed by atoms with van der Waals surface area (Å²) in [7, 11) is 0. The number of nitro benzene ring substituents is 1. The Morgan fingerprint density at radius 1 is 1.19 bits per heavy atom. The Morgan fingerprint density at radius 2 is 1.88 bits per heavy atom. The zero-order valence-corrected chi connectivity index (χ0v) is 14.6. The van der Waals surface area contributed by atoms with Crippen LogP contribution in [0.15, 0.2) is 42.5 Å². The van der Waals surface area contributed by atoms with Gasteiger partial charge < -0.3 is 10.1 Å². The van der Waals surface area contributed by atoms with Crippen LogP contribution in [-0.4, -0.2) is 42.0 Å². The Labute approximate surface area is 151 Å². The number of carbonyl (C=O) groups excluding carboxylic acids is 1. The molecule has 1 fully saturated rings. The number of benzene rings is 2. The van der Waals surface area contributed by atoms with Gasteiger partial charge in [-0.15, -0.1) is 0 Å². The third-order valence-electron chi connectivity index (χ3n) is 4.39. The molecule has 1 aliphatic heterocycles. The van der Waals surface area contributed by atoms with Crippen molar-refractivity contribution in [2.24, 2.45) is 0 Å². The summed E-state index contributed by atoms with van der Waals surface area (Å²) < 4.78 is 5.34. The van der Waals surface area contributed by atoms with E-state index in [-0.39, 0.29) is 11.3 Å². The van der Waals surface area contributed by atoms with Gasteiger partial charge in [-0.05, 0) is 30.7 Å². The highest BCUT2D eigenvalue weighted by Gasteiger charge is 2.22. The van der Waals surface area contributed by atoms with Gasteiger partial charge in [0.05, 0.1) is 18.1 Å². The van der Waals surface area contributed by atoms with Crippen LogP contribution in [0.1, 0.15) is 21.5 Å². The summed E-state index contributed by atoms with van der Waals surface area (Å²) in [6.07, 6.45) is 0. The zero-order chi connectivity index (χ0) is 18.5. The van der Waals surface area contributed by atoms with Crippen molar-refractivity contribution >= 4 is 17.3 Å². The largest absolute Gasteiger partial charge is 0.379 e. The normalized spacial score (nSPS) is 14.8. The average molecular weight is 355 g/mol. The second kappa shape index (κ2) is 8.07. The van der Waals surface area contributed by atoms with Crippen molar-refractivity contribution in [3.05, 3.63) is 69.3 Å². The fraction of sp³-hybridized carbons (Fsp3) is 0.316. The van der Waals surface area contributed by atoms with E-state index >= 15 is 0 Å². The smallest absolute Gasteiger partial charge is 0.285 e. The SMILES string of the molecule is Cc1cccc(C(=O)Nc2ccc(CN3CCOCC3)cc2)c1[N+](=O)[O-]. The number of hydrogen-bond donors (Lipinski definition) is 1. The van der Waals surface area contributed by atoms with Crippen LogP contribution in [-0.2, 0) is 11.3 Å². The first kappa shape index (κ1) is 18.0. The van der Waals surface area contributed by atoms with E-state index in [1.807, 2.05) is 24.3 Å². The summed E-state index contributed by atoms with van der Waals surface area (Å²) in [5.74, 6) is -0.485. The van der Waals surface area contributed by atoms with Gasteiger partial charge in [-0.25, -0.2) is 0 Å². The maximum Gasteiger partial charge on any atom is 0.285 e. The molecule has 2 aromatic rings. The van der Waals surface area contributed by atoms with E-state index in [9.17, 15) is 14.9 Å². The maximum absolute atomic E-state index is 12.5. The molecule has 2 aromatic carbocycles. The number of aryl methyl sites for hydroxylation is 1. The molecule has 136 valence electrons. The second-order valence-corrected chi connectivity index (χ2v) is 6.27. The minimum absolute atomic E-state index is 0.0624. The Balaban J connectivity index is 1.68. The number of rotatable bonds is 5. The Bertz CT molecular complexity index is 799. The molecule has 7 heteroatoms. The third-order valence-corrected chi connectivity index (χ3v) is 4.39. The summed E-state index contributed by atoms with van der Waals surface area (Å²) in [6.45, 7) is 5.79. The van der Waals surface area contributed by atoms with Crippen LogP contribution in [0.3, 0.4) is 0 Å². The van der Waals surface area contributed by atoms with E-state index in [0.717, 1.165) is 38.4 Å². The lowest BCUT2D eigenvalue weighted by molar-refractivity contribution is -0.385. The van der Waals surface area contributed by atoms with E-state index in [2.05, 4.69) is 10.2 Å². The van der Waals surface area contributed by atoms with Gasteiger partial charge in [-0.2, -0.15) is 0 Å². The predicted molar refractivity (Wildman–Crippen MR) is 98.3 cm³/mol. The molecule has 0 unspecified atom stereocenters. The van der Waals surface area contributed by atoms with Crippen molar-refractivity contribution < 1.29 is 14.5 Å². The number of nitro groups is 1. The summed E-state index contributed by atoms with van der Waals surface area (Å²) in [4.78, 5) is 25.5. The molecule has 3 rings (SSSR count). The standard InChI is InChI=1S/C19H21N3O4/c1-14-3-2-4-17(18(14)22(24)25)19(23)20-16-7-5-15(6-8-16)13-21-9-11-26-12-10-21/h2-8H,9-13H2,1H3,(H,20,23). The first-order chi connectivity index (χ1) is 12.5. The van der Waals surface area contributed by atoms with Gasteiger partial charge in [0.2, 0.25) is 0 Å². The Kier molecular flexibility index (Phi) is 5.60. The van der Waals surface area contributed by atoms with Crippen molar-refractivity contribution in [2.45, 2.75) is 13.5 Å². The molecule has 0 bridgehead atoms. The maximum atomic E-state index is 12.5. The second-order valence-electron chi connectivity index (χ2n) is 6.27.